The molecular formula is C14H18N2O5S. The molecule has 0 spiro atoms. The molecule has 0 saturated carbocycles. The zero-order valence-corrected chi connectivity index (χ0v) is 13.4. The number of anilines is 1. The first kappa shape index (κ1) is 17.7. The van der Waals surface area contributed by atoms with Crippen molar-refractivity contribution in [3.8, 4) is 0 Å². The first-order valence-electron chi connectivity index (χ1n) is 6.55. The summed E-state index contributed by atoms with van der Waals surface area (Å²) >= 11 is 0.948. The molecule has 22 heavy (non-hydrogen) atoms. The van der Waals surface area contributed by atoms with Crippen molar-refractivity contribution in [3.05, 3.63) is 28.2 Å². The molecule has 0 aliphatic heterocycles. The van der Waals surface area contributed by atoms with Gasteiger partial charge in [-0.3, -0.25) is 4.79 Å². The third-order valence-electron chi connectivity index (χ3n) is 2.61. The summed E-state index contributed by atoms with van der Waals surface area (Å²) in [5.74, 6) is -1.64. The van der Waals surface area contributed by atoms with Crippen LogP contribution in [0.3, 0.4) is 0 Å². The Labute approximate surface area is 132 Å². The van der Waals surface area contributed by atoms with Crippen LogP contribution in [0.25, 0.3) is 0 Å². The van der Waals surface area contributed by atoms with Crippen LogP contribution in [0.5, 0.6) is 0 Å². The van der Waals surface area contributed by atoms with Gasteiger partial charge in [-0.2, -0.15) is 0 Å². The van der Waals surface area contributed by atoms with Crippen LogP contribution in [-0.2, 0) is 20.9 Å². The van der Waals surface area contributed by atoms with Gasteiger partial charge in [-0.15, -0.1) is 11.3 Å². The Balaban J connectivity index is 3.20. The van der Waals surface area contributed by atoms with Gasteiger partial charge in [0, 0.05) is 18.7 Å². The second kappa shape index (κ2) is 8.18. The lowest BCUT2D eigenvalue weighted by molar-refractivity contribution is -0.139. The molecule has 3 N–H and O–H groups in total. The smallest absolute Gasteiger partial charge is 0.341 e. The molecule has 0 saturated heterocycles. The molecule has 7 nitrogen and oxygen atoms in total. The average Bonchev–Trinajstić information content (AvgIpc) is 2.81. The number of allylic oxidation sites excluding steroid dienone is 1. The van der Waals surface area contributed by atoms with E-state index in [9.17, 15) is 14.4 Å². The van der Waals surface area contributed by atoms with Gasteiger partial charge < -0.3 is 20.5 Å². The molecule has 1 amide bonds. The Hall–Kier alpha value is -2.35. The van der Waals surface area contributed by atoms with Gasteiger partial charge in [-0.25, -0.2) is 9.59 Å². The van der Waals surface area contributed by atoms with Crippen LogP contribution >= 0.6 is 11.3 Å². The highest BCUT2D eigenvalue weighted by atomic mass is 32.1. The number of hydrogen-bond donors (Lipinski definition) is 2. The number of ether oxygens (including phenoxy) is 2. The van der Waals surface area contributed by atoms with Crippen molar-refractivity contribution in [2.45, 2.75) is 20.5 Å². The van der Waals surface area contributed by atoms with Crippen molar-refractivity contribution < 1.29 is 23.9 Å². The summed E-state index contributed by atoms with van der Waals surface area (Å²) in [6.07, 6.45) is 2.76. The van der Waals surface area contributed by atoms with Crippen molar-refractivity contribution in [1.82, 2.24) is 5.32 Å². The molecule has 0 unspecified atom stereocenters. The summed E-state index contributed by atoms with van der Waals surface area (Å²) < 4.78 is 9.96. The number of nitrogens with one attached hydrogen (secondary N) is 1. The van der Waals surface area contributed by atoms with Crippen LogP contribution in [0, 0.1) is 0 Å². The van der Waals surface area contributed by atoms with Crippen LogP contribution < -0.4 is 11.1 Å². The normalized spacial score (nSPS) is 10.5. The van der Waals surface area contributed by atoms with Crippen LogP contribution in [0.15, 0.2) is 12.2 Å². The second-order valence-corrected chi connectivity index (χ2v) is 5.11. The van der Waals surface area contributed by atoms with Crippen molar-refractivity contribution in [1.29, 1.82) is 0 Å². The van der Waals surface area contributed by atoms with E-state index >= 15 is 0 Å². The highest BCUT2D eigenvalue weighted by molar-refractivity contribution is 7.18. The summed E-state index contributed by atoms with van der Waals surface area (Å²) in [4.78, 5) is 35.5. The van der Waals surface area contributed by atoms with Crippen LogP contribution in [0.2, 0.25) is 0 Å². The van der Waals surface area contributed by atoms with Crippen LogP contribution in [-0.4, -0.2) is 31.5 Å². The van der Waals surface area contributed by atoms with E-state index in [1.54, 1.807) is 13.8 Å². The molecule has 1 aromatic heterocycles. The number of carbonyl (C=O) groups excluding carboxylic acids is 3. The number of carbonyl (C=O) groups is 3. The summed E-state index contributed by atoms with van der Waals surface area (Å²) in [5.41, 5.74) is 6.13. The van der Waals surface area contributed by atoms with Gasteiger partial charge in [0.05, 0.1) is 6.61 Å². The number of esters is 2. The van der Waals surface area contributed by atoms with E-state index in [2.05, 4.69) is 5.32 Å². The van der Waals surface area contributed by atoms with Crippen molar-refractivity contribution in [2.24, 2.45) is 0 Å². The Kier molecular flexibility index (Phi) is 6.58. The van der Waals surface area contributed by atoms with Crippen LogP contribution in [0.1, 0.15) is 39.4 Å². The van der Waals surface area contributed by atoms with Gasteiger partial charge >= 0.3 is 11.9 Å². The predicted molar refractivity (Wildman–Crippen MR) is 82.7 cm³/mol. The van der Waals surface area contributed by atoms with Gasteiger partial charge in [0.15, 0.2) is 0 Å². The lowest BCUT2D eigenvalue weighted by Crippen LogP contribution is -2.19. The first-order chi connectivity index (χ1) is 10.5. The van der Waals surface area contributed by atoms with E-state index < -0.39 is 17.8 Å². The summed E-state index contributed by atoms with van der Waals surface area (Å²) in [6, 6.07) is 0. The minimum Gasteiger partial charge on any atom is -0.462 e. The molecule has 0 atom stereocenters. The third-order valence-corrected chi connectivity index (χ3v) is 3.67. The SMILES string of the molecule is C/C=C/C(=O)OCc1c(C(=O)NC)sc(N)c1C(=O)OCC. The lowest BCUT2D eigenvalue weighted by Gasteiger charge is -2.07. The van der Waals surface area contributed by atoms with Gasteiger partial charge in [0.2, 0.25) is 0 Å². The van der Waals surface area contributed by atoms with E-state index in [1.165, 1.54) is 19.2 Å². The average molecular weight is 326 g/mol. The molecule has 0 aliphatic rings. The molecule has 8 heteroatoms. The number of nitrogens with two attached hydrogens (primary N) is 1. The molecule has 1 heterocycles. The van der Waals surface area contributed by atoms with Gasteiger partial charge in [0.25, 0.3) is 5.91 Å². The van der Waals surface area contributed by atoms with E-state index in [4.69, 9.17) is 15.2 Å². The first-order valence-corrected chi connectivity index (χ1v) is 7.37. The highest BCUT2D eigenvalue weighted by Crippen LogP contribution is 2.32. The molecule has 1 aromatic rings. The second-order valence-electron chi connectivity index (χ2n) is 4.06. The number of nitrogen functional groups attached to an aromatic ring is 1. The van der Waals surface area contributed by atoms with E-state index in [0.29, 0.717) is 0 Å². The highest BCUT2D eigenvalue weighted by Gasteiger charge is 2.27. The van der Waals surface area contributed by atoms with Gasteiger partial charge in [0.1, 0.15) is 22.0 Å². The zero-order chi connectivity index (χ0) is 16.7. The quantitative estimate of drug-likeness (QED) is 0.605. The van der Waals surface area contributed by atoms with Gasteiger partial charge in [-0.1, -0.05) is 6.08 Å². The zero-order valence-electron chi connectivity index (χ0n) is 12.6. The number of rotatable bonds is 6. The number of hydrogen-bond acceptors (Lipinski definition) is 7. The fourth-order valence-corrected chi connectivity index (χ4v) is 2.68. The Morgan fingerprint density at radius 3 is 2.55 bits per heavy atom. The monoisotopic (exact) mass is 326 g/mol. The molecule has 0 aromatic carbocycles. The van der Waals surface area contributed by atoms with Crippen molar-refractivity contribution in [2.75, 3.05) is 19.4 Å². The molecule has 0 bridgehead atoms. The minimum atomic E-state index is -0.650. The number of amides is 1. The van der Waals surface area contributed by atoms with Crippen molar-refractivity contribution in [3.63, 3.8) is 0 Å². The predicted octanol–water partition coefficient (Wildman–Crippen LogP) is 1.49. The Bertz CT molecular complexity index is 607. The van der Waals surface area contributed by atoms with Crippen LogP contribution in [0.4, 0.5) is 5.00 Å². The number of thiophene rings is 1. The standard InChI is InChI=1S/C14H18N2O5S/c1-4-6-9(17)21-7-8-10(14(19)20-5-2)12(15)22-11(8)13(18)16-3/h4,6H,5,7,15H2,1-3H3,(H,16,18)/b6-4+. The topological polar surface area (TPSA) is 108 Å². The fourth-order valence-electron chi connectivity index (χ4n) is 1.67. The largest absolute Gasteiger partial charge is 0.462 e. The van der Waals surface area contributed by atoms with E-state index in [-0.39, 0.29) is 34.2 Å². The summed E-state index contributed by atoms with van der Waals surface area (Å²) in [5, 5.41) is 2.60. The molecule has 0 aliphatic carbocycles. The lowest BCUT2D eigenvalue weighted by atomic mass is 10.1. The molecule has 0 radical (unpaired) electrons. The minimum absolute atomic E-state index is 0.0683. The molecule has 1 rings (SSSR count). The van der Waals surface area contributed by atoms with E-state index in [0.717, 1.165) is 11.3 Å². The maximum Gasteiger partial charge on any atom is 0.341 e. The third kappa shape index (κ3) is 4.08. The Morgan fingerprint density at radius 1 is 1.32 bits per heavy atom. The molecule has 120 valence electrons. The summed E-state index contributed by atoms with van der Waals surface area (Å²) in [7, 11) is 1.46. The van der Waals surface area contributed by atoms with Crippen molar-refractivity contribution >= 4 is 34.2 Å². The fraction of sp³-hybridized carbons (Fsp3) is 0.357. The van der Waals surface area contributed by atoms with Gasteiger partial charge in [-0.05, 0) is 13.8 Å². The van der Waals surface area contributed by atoms with E-state index in [1.807, 2.05) is 0 Å². The maximum atomic E-state index is 12.0. The Morgan fingerprint density at radius 2 is 2.00 bits per heavy atom. The summed E-state index contributed by atoms with van der Waals surface area (Å²) in [6.45, 7) is 3.25. The molecular weight excluding hydrogens is 308 g/mol. The maximum absolute atomic E-state index is 12.0. The molecule has 0 fully saturated rings.